The lowest BCUT2D eigenvalue weighted by atomic mass is 10.0. The summed E-state index contributed by atoms with van der Waals surface area (Å²) in [6, 6.07) is 8.00. The second-order valence-corrected chi connectivity index (χ2v) is 6.54. The van der Waals surface area contributed by atoms with E-state index in [2.05, 4.69) is 19.8 Å². The maximum Gasteiger partial charge on any atom is 0.225 e. The van der Waals surface area contributed by atoms with E-state index in [9.17, 15) is 9.50 Å². The van der Waals surface area contributed by atoms with Crippen molar-refractivity contribution in [2.75, 3.05) is 37.6 Å². The number of hydrogen-bond acceptors (Lipinski definition) is 5. The summed E-state index contributed by atoms with van der Waals surface area (Å²) in [6.45, 7) is 6.73. The van der Waals surface area contributed by atoms with Crippen molar-refractivity contribution in [3.05, 3.63) is 53.6 Å². The van der Waals surface area contributed by atoms with Crippen molar-refractivity contribution in [1.29, 1.82) is 0 Å². The molecule has 0 amide bonds. The molecule has 0 aliphatic carbocycles. The zero-order chi connectivity index (χ0) is 17.6. The van der Waals surface area contributed by atoms with Gasteiger partial charge < -0.3 is 10.0 Å². The van der Waals surface area contributed by atoms with Gasteiger partial charge in [0.15, 0.2) is 0 Å². The molecule has 0 saturated carbocycles. The predicted octanol–water partition coefficient (Wildman–Crippen LogP) is 2.56. The molecule has 1 fully saturated rings. The molecule has 0 radical (unpaired) electrons. The summed E-state index contributed by atoms with van der Waals surface area (Å²) in [5.41, 5.74) is 1.77. The quantitative estimate of drug-likeness (QED) is 0.873. The standard InChI is InChI=1S/C19H25FN4O/c1-15-8-9-21-19(22-15)24-13-11-23(12-14-24)10-2-3-18(25)16-4-6-17(20)7-5-16/h4-9,18,25H,2-3,10-14H2,1H3. The van der Waals surface area contributed by atoms with Gasteiger partial charge in [0, 0.05) is 38.1 Å². The molecular formula is C19H25FN4O. The van der Waals surface area contributed by atoms with Gasteiger partial charge in [0.25, 0.3) is 0 Å². The second-order valence-electron chi connectivity index (χ2n) is 6.54. The van der Waals surface area contributed by atoms with Crippen molar-refractivity contribution >= 4 is 5.95 Å². The summed E-state index contributed by atoms with van der Waals surface area (Å²) >= 11 is 0. The minimum absolute atomic E-state index is 0.272. The van der Waals surface area contributed by atoms with Crippen LogP contribution in [0, 0.1) is 12.7 Å². The summed E-state index contributed by atoms with van der Waals surface area (Å²) in [6.07, 6.45) is 2.88. The Morgan fingerprint density at radius 3 is 2.52 bits per heavy atom. The van der Waals surface area contributed by atoms with Gasteiger partial charge in [0.1, 0.15) is 5.82 Å². The van der Waals surface area contributed by atoms with Gasteiger partial charge in [0.05, 0.1) is 6.10 Å². The van der Waals surface area contributed by atoms with Gasteiger partial charge in [-0.05, 0) is 50.1 Å². The van der Waals surface area contributed by atoms with E-state index in [4.69, 9.17) is 0 Å². The van der Waals surface area contributed by atoms with Gasteiger partial charge in [-0.2, -0.15) is 0 Å². The van der Waals surface area contributed by atoms with Crippen molar-refractivity contribution in [3.63, 3.8) is 0 Å². The number of hydrogen-bond donors (Lipinski definition) is 1. The summed E-state index contributed by atoms with van der Waals surface area (Å²) in [4.78, 5) is 13.5. The third-order valence-electron chi connectivity index (χ3n) is 4.64. The van der Waals surface area contributed by atoms with Gasteiger partial charge in [-0.3, -0.25) is 4.90 Å². The predicted molar refractivity (Wildman–Crippen MR) is 96.0 cm³/mol. The van der Waals surface area contributed by atoms with Gasteiger partial charge in [-0.1, -0.05) is 12.1 Å². The molecular weight excluding hydrogens is 319 g/mol. The minimum atomic E-state index is -0.525. The van der Waals surface area contributed by atoms with Crippen LogP contribution < -0.4 is 4.90 Å². The maximum absolute atomic E-state index is 12.9. The molecule has 25 heavy (non-hydrogen) atoms. The first-order chi connectivity index (χ1) is 12.1. The fraction of sp³-hybridized carbons (Fsp3) is 0.474. The number of benzene rings is 1. The number of anilines is 1. The highest BCUT2D eigenvalue weighted by Gasteiger charge is 2.19. The highest BCUT2D eigenvalue weighted by atomic mass is 19.1. The number of aromatic nitrogens is 2. The number of halogens is 1. The van der Waals surface area contributed by atoms with E-state index in [1.165, 1.54) is 12.1 Å². The first-order valence-corrected chi connectivity index (χ1v) is 8.82. The average molecular weight is 344 g/mol. The summed E-state index contributed by atoms with van der Waals surface area (Å²) in [5.74, 6) is 0.540. The largest absolute Gasteiger partial charge is 0.388 e. The monoisotopic (exact) mass is 344 g/mol. The van der Waals surface area contributed by atoms with E-state index in [1.807, 2.05) is 13.0 Å². The molecule has 1 aromatic heterocycles. The first kappa shape index (κ1) is 17.8. The third-order valence-corrected chi connectivity index (χ3v) is 4.64. The number of aryl methyl sites for hydroxylation is 1. The Labute approximate surface area is 148 Å². The molecule has 134 valence electrons. The summed E-state index contributed by atoms with van der Waals surface area (Å²) in [7, 11) is 0. The lowest BCUT2D eigenvalue weighted by Crippen LogP contribution is -2.47. The minimum Gasteiger partial charge on any atom is -0.388 e. The topological polar surface area (TPSA) is 52.5 Å². The Morgan fingerprint density at radius 1 is 1.12 bits per heavy atom. The van der Waals surface area contributed by atoms with Gasteiger partial charge in [0.2, 0.25) is 5.95 Å². The van der Waals surface area contributed by atoms with E-state index < -0.39 is 6.10 Å². The molecule has 5 nitrogen and oxygen atoms in total. The van der Waals surface area contributed by atoms with Crippen LogP contribution in [0.1, 0.15) is 30.2 Å². The van der Waals surface area contributed by atoms with Gasteiger partial charge in [-0.15, -0.1) is 0 Å². The highest BCUT2D eigenvalue weighted by Crippen LogP contribution is 2.19. The van der Waals surface area contributed by atoms with E-state index in [-0.39, 0.29) is 5.82 Å². The molecule has 1 aliphatic heterocycles. The van der Waals surface area contributed by atoms with Crippen molar-refractivity contribution in [2.45, 2.75) is 25.9 Å². The zero-order valence-electron chi connectivity index (χ0n) is 14.6. The van der Waals surface area contributed by atoms with Crippen LogP contribution in [0.5, 0.6) is 0 Å². The number of rotatable bonds is 6. The van der Waals surface area contributed by atoms with Crippen LogP contribution in [0.25, 0.3) is 0 Å². The van der Waals surface area contributed by atoms with Crippen LogP contribution in [-0.2, 0) is 0 Å². The molecule has 1 unspecified atom stereocenters. The number of aliphatic hydroxyl groups is 1. The molecule has 2 heterocycles. The Kier molecular flexibility index (Phi) is 5.94. The summed E-state index contributed by atoms with van der Waals surface area (Å²) in [5, 5.41) is 10.2. The SMILES string of the molecule is Cc1ccnc(N2CCN(CCCC(O)c3ccc(F)cc3)CC2)n1. The first-order valence-electron chi connectivity index (χ1n) is 8.82. The van der Waals surface area contributed by atoms with Crippen LogP contribution in [0.15, 0.2) is 36.5 Å². The molecule has 2 aromatic rings. The fourth-order valence-corrected chi connectivity index (χ4v) is 3.12. The normalized spacial score (nSPS) is 16.8. The van der Waals surface area contributed by atoms with Gasteiger partial charge >= 0.3 is 0 Å². The molecule has 0 bridgehead atoms. The molecule has 0 spiro atoms. The Morgan fingerprint density at radius 2 is 1.84 bits per heavy atom. The van der Waals surface area contributed by atoms with Crippen molar-refractivity contribution in [1.82, 2.24) is 14.9 Å². The van der Waals surface area contributed by atoms with Crippen molar-refractivity contribution < 1.29 is 9.50 Å². The molecule has 1 atom stereocenters. The molecule has 6 heteroatoms. The van der Waals surface area contributed by atoms with Crippen LogP contribution in [0.3, 0.4) is 0 Å². The number of aliphatic hydroxyl groups excluding tert-OH is 1. The van der Waals surface area contributed by atoms with E-state index in [1.54, 1.807) is 18.3 Å². The second kappa shape index (κ2) is 8.36. The third kappa shape index (κ3) is 4.96. The Hall–Kier alpha value is -2.05. The zero-order valence-corrected chi connectivity index (χ0v) is 14.6. The van der Waals surface area contributed by atoms with Gasteiger partial charge in [-0.25, -0.2) is 14.4 Å². The molecule has 1 saturated heterocycles. The van der Waals surface area contributed by atoms with Crippen LogP contribution in [0.4, 0.5) is 10.3 Å². The molecule has 3 rings (SSSR count). The Bertz CT molecular complexity index is 671. The number of nitrogens with zero attached hydrogens (tertiary/aromatic N) is 4. The summed E-state index contributed by atoms with van der Waals surface area (Å²) < 4.78 is 12.9. The number of piperazine rings is 1. The fourth-order valence-electron chi connectivity index (χ4n) is 3.12. The lowest BCUT2D eigenvalue weighted by molar-refractivity contribution is 0.154. The molecule has 1 aliphatic rings. The van der Waals surface area contributed by atoms with E-state index in [0.717, 1.165) is 56.4 Å². The Balaban J connectivity index is 1.40. The van der Waals surface area contributed by atoms with Crippen molar-refractivity contribution in [3.8, 4) is 0 Å². The van der Waals surface area contributed by atoms with E-state index in [0.29, 0.717) is 6.42 Å². The molecule has 1 aromatic carbocycles. The molecule has 1 N–H and O–H groups in total. The average Bonchev–Trinajstić information content (AvgIpc) is 2.63. The lowest BCUT2D eigenvalue weighted by Gasteiger charge is -2.34. The van der Waals surface area contributed by atoms with Crippen LogP contribution in [0.2, 0.25) is 0 Å². The highest BCUT2D eigenvalue weighted by molar-refractivity contribution is 5.30. The van der Waals surface area contributed by atoms with Crippen LogP contribution in [-0.4, -0.2) is 52.7 Å². The van der Waals surface area contributed by atoms with Crippen LogP contribution >= 0.6 is 0 Å². The smallest absolute Gasteiger partial charge is 0.225 e. The van der Waals surface area contributed by atoms with E-state index >= 15 is 0 Å². The van der Waals surface area contributed by atoms with Crippen molar-refractivity contribution in [2.24, 2.45) is 0 Å². The maximum atomic E-state index is 12.9.